The van der Waals surface area contributed by atoms with Gasteiger partial charge in [0, 0.05) is 43.5 Å². The summed E-state index contributed by atoms with van der Waals surface area (Å²) in [6.07, 6.45) is 6.01. The van der Waals surface area contributed by atoms with E-state index in [2.05, 4.69) is 15.4 Å². The second-order valence-electron chi connectivity index (χ2n) is 6.55. The monoisotopic (exact) mass is 328 g/mol. The number of carbonyl (C=O) groups is 1. The van der Waals surface area contributed by atoms with Gasteiger partial charge in [0.1, 0.15) is 0 Å². The van der Waals surface area contributed by atoms with Crippen LogP contribution in [0, 0.1) is 12.8 Å². The molecule has 0 spiro atoms. The molecule has 24 heavy (non-hydrogen) atoms. The number of aliphatic hydroxyl groups is 1. The van der Waals surface area contributed by atoms with Crippen molar-refractivity contribution in [2.24, 2.45) is 5.92 Å². The Hall–Kier alpha value is -2.21. The number of aromatic nitrogens is 3. The summed E-state index contributed by atoms with van der Waals surface area (Å²) >= 11 is 0. The highest BCUT2D eigenvalue weighted by Crippen LogP contribution is 2.31. The predicted octanol–water partition coefficient (Wildman–Crippen LogP) is 1.48. The molecule has 6 heteroatoms. The van der Waals surface area contributed by atoms with Gasteiger partial charge in [0.25, 0.3) is 0 Å². The van der Waals surface area contributed by atoms with Crippen molar-refractivity contribution in [3.05, 3.63) is 48.0 Å². The summed E-state index contributed by atoms with van der Waals surface area (Å²) in [6.45, 7) is 2.50. The third kappa shape index (κ3) is 4.41. The molecule has 0 saturated heterocycles. The van der Waals surface area contributed by atoms with E-state index in [1.807, 2.05) is 37.4 Å². The summed E-state index contributed by atoms with van der Waals surface area (Å²) in [5.74, 6) is 0.336. The molecule has 1 fully saturated rings. The highest BCUT2D eigenvalue weighted by atomic mass is 16.3. The van der Waals surface area contributed by atoms with Crippen LogP contribution in [0.1, 0.15) is 30.7 Å². The minimum Gasteiger partial charge on any atom is -0.393 e. The van der Waals surface area contributed by atoms with Gasteiger partial charge in [-0.05, 0) is 43.9 Å². The van der Waals surface area contributed by atoms with Gasteiger partial charge in [0.05, 0.1) is 11.8 Å². The number of aryl methyl sites for hydroxylation is 2. The molecule has 0 bridgehead atoms. The van der Waals surface area contributed by atoms with E-state index >= 15 is 0 Å². The highest BCUT2D eigenvalue weighted by Gasteiger charge is 2.34. The van der Waals surface area contributed by atoms with Crippen molar-refractivity contribution < 1.29 is 9.90 Å². The summed E-state index contributed by atoms with van der Waals surface area (Å²) in [4.78, 5) is 16.7. The molecular formula is C18H24N4O2. The lowest BCUT2D eigenvalue weighted by atomic mass is 9.76. The maximum Gasteiger partial charge on any atom is 0.222 e. The van der Waals surface area contributed by atoms with Crippen LogP contribution in [-0.4, -0.2) is 37.9 Å². The summed E-state index contributed by atoms with van der Waals surface area (Å²) in [6, 6.07) is 7.76. The van der Waals surface area contributed by atoms with E-state index < -0.39 is 0 Å². The number of amides is 1. The van der Waals surface area contributed by atoms with Crippen LogP contribution >= 0.6 is 0 Å². The Morgan fingerprint density at radius 3 is 2.88 bits per heavy atom. The van der Waals surface area contributed by atoms with Gasteiger partial charge in [0.2, 0.25) is 5.91 Å². The predicted molar refractivity (Wildman–Crippen MR) is 90.2 cm³/mol. The Bertz CT molecular complexity index is 665. The standard InChI is InChI=1S/C18H24N4O2/c1-13-5-8-22(21-13)9-6-18(24)20-17(14-10-16(23)11-14)12-15-4-2-3-7-19-15/h2-5,7-8,14,16-17,23H,6,9-12H2,1H3,(H,20,24)/t14?,16?,17-/m0/s1. The summed E-state index contributed by atoms with van der Waals surface area (Å²) < 4.78 is 1.79. The molecule has 1 atom stereocenters. The van der Waals surface area contributed by atoms with Gasteiger partial charge in [0.15, 0.2) is 0 Å². The number of hydrogen-bond acceptors (Lipinski definition) is 4. The molecule has 1 amide bonds. The lowest BCUT2D eigenvalue weighted by Gasteiger charge is -2.38. The van der Waals surface area contributed by atoms with Crippen molar-refractivity contribution >= 4 is 5.91 Å². The fraction of sp³-hybridized carbons (Fsp3) is 0.500. The molecule has 2 aromatic heterocycles. The highest BCUT2D eigenvalue weighted by molar-refractivity contribution is 5.76. The number of nitrogens with one attached hydrogen (secondary N) is 1. The molecule has 3 rings (SSSR count). The van der Waals surface area contributed by atoms with Crippen LogP contribution in [-0.2, 0) is 17.8 Å². The molecule has 6 nitrogen and oxygen atoms in total. The van der Waals surface area contributed by atoms with Crippen molar-refractivity contribution in [1.82, 2.24) is 20.1 Å². The Kier molecular flexibility index (Phi) is 5.25. The van der Waals surface area contributed by atoms with Gasteiger partial charge < -0.3 is 10.4 Å². The maximum absolute atomic E-state index is 12.3. The van der Waals surface area contributed by atoms with E-state index in [0.29, 0.717) is 25.3 Å². The Balaban J connectivity index is 1.55. The number of aliphatic hydroxyl groups excluding tert-OH is 1. The van der Waals surface area contributed by atoms with Crippen molar-refractivity contribution in [2.45, 2.75) is 51.3 Å². The SMILES string of the molecule is Cc1ccn(CCC(=O)N[C@@H](Cc2ccccn2)C2CC(O)C2)n1. The zero-order valence-electron chi connectivity index (χ0n) is 13.9. The van der Waals surface area contributed by atoms with E-state index in [1.54, 1.807) is 10.9 Å². The van der Waals surface area contributed by atoms with E-state index in [4.69, 9.17) is 0 Å². The number of nitrogens with zero attached hydrogens (tertiary/aromatic N) is 3. The number of pyridine rings is 1. The maximum atomic E-state index is 12.3. The second-order valence-corrected chi connectivity index (χ2v) is 6.55. The molecule has 0 aliphatic heterocycles. The smallest absolute Gasteiger partial charge is 0.222 e. The first kappa shape index (κ1) is 16.6. The third-order valence-corrected chi connectivity index (χ3v) is 4.56. The molecule has 128 valence electrons. The third-order valence-electron chi connectivity index (χ3n) is 4.56. The normalized spacial score (nSPS) is 21.1. The molecular weight excluding hydrogens is 304 g/mol. The lowest BCUT2D eigenvalue weighted by molar-refractivity contribution is -0.123. The van der Waals surface area contributed by atoms with Gasteiger partial charge >= 0.3 is 0 Å². The first-order valence-corrected chi connectivity index (χ1v) is 8.47. The summed E-state index contributed by atoms with van der Waals surface area (Å²) in [5.41, 5.74) is 1.92. The molecule has 1 aliphatic rings. The van der Waals surface area contributed by atoms with E-state index in [1.165, 1.54) is 0 Å². The van der Waals surface area contributed by atoms with Crippen LogP contribution in [0.5, 0.6) is 0 Å². The van der Waals surface area contributed by atoms with E-state index in [0.717, 1.165) is 24.2 Å². The van der Waals surface area contributed by atoms with Crippen LogP contribution in [0.3, 0.4) is 0 Å². The zero-order chi connectivity index (χ0) is 16.9. The van der Waals surface area contributed by atoms with Crippen molar-refractivity contribution in [3.8, 4) is 0 Å². The summed E-state index contributed by atoms with van der Waals surface area (Å²) in [7, 11) is 0. The molecule has 2 N–H and O–H groups in total. The first-order chi connectivity index (χ1) is 11.6. The number of rotatable bonds is 7. The average molecular weight is 328 g/mol. The molecule has 2 aromatic rings. The Labute approximate surface area is 141 Å². The minimum absolute atomic E-state index is 0.0190. The van der Waals surface area contributed by atoms with Gasteiger partial charge in [-0.25, -0.2) is 0 Å². The van der Waals surface area contributed by atoms with E-state index in [9.17, 15) is 9.90 Å². The van der Waals surface area contributed by atoms with E-state index in [-0.39, 0.29) is 18.1 Å². The molecule has 0 unspecified atom stereocenters. The summed E-state index contributed by atoms with van der Waals surface area (Å²) in [5, 5.41) is 17.0. The van der Waals surface area contributed by atoms with Crippen molar-refractivity contribution in [3.63, 3.8) is 0 Å². The van der Waals surface area contributed by atoms with Crippen LogP contribution in [0.15, 0.2) is 36.7 Å². The fourth-order valence-corrected chi connectivity index (χ4v) is 3.12. The molecule has 0 radical (unpaired) electrons. The molecule has 1 saturated carbocycles. The average Bonchev–Trinajstić information content (AvgIpc) is 2.96. The van der Waals surface area contributed by atoms with Crippen LogP contribution in [0.25, 0.3) is 0 Å². The van der Waals surface area contributed by atoms with Crippen LogP contribution in [0.2, 0.25) is 0 Å². The molecule has 1 aliphatic carbocycles. The molecule has 0 aromatic carbocycles. The number of hydrogen-bond donors (Lipinski definition) is 2. The zero-order valence-corrected chi connectivity index (χ0v) is 13.9. The van der Waals surface area contributed by atoms with Crippen LogP contribution < -0.4 is 5.32 Å². The van der Waals surface area contributed by atoms with Gasteiger partial charge in [-0.3, -0.25) is 14.5 Å². The molecule has 2 heterocycles. The lowest BCUT2D eigenvalue weighted by Crippen LogP contribution is -2.48. The van der Waals surface area contributed by atoms with Gasteiger partial charge in [-0.15, -0.1) is 0 Å². The topological polar surface area (TPSA) is 80.0 Å². The van der Waals surface area contributed by atoms with Crippen molar-refractivity contribution in [1.29, 1.82) is 0 Å². The fourth-order valence-electron chi connectivity index (χ4n) is 3.12. The Morgan fingerprint density at radius 2 is 2.25 bits per heavy atom. The van der Waals surface area contributed by atoms with Crippen LogP contribution in [0.4, 0.5) is 0 Å². The van der Waals surface area contributed by atoms with Gasteiger partial charge in [-0.2, -0.15) is 5.10 Å². The first-order valence-electron chi connectivity index (χ1n) is 8.47. The second kappa shape index (κ2) is 7.57. The number of carbonyl (C=O) groups excluding carboxylic acids is 1. The Morgan fingerprint density at radius 1 is 1.42 bits per heavy atom. The largest absolute Gasteiger partial charge is 0.393 e. The quantitative estimate of drug-likeness (QED) is 0.807. The van der Waals surface area contributed by atoms with Crippen molar-refractivity contribution in [2.75, 3.05) is 0 Å². The minimum atomic E-state index is -0.231. The van der Waals surface area contributed by atoms with Gasteiger partial charge in [-0.1, -0.05) is 6.07 Å².